The molecule has 1 heterocycles. The summed E-state index contributed by atoms with van der Waals surface area (Å²) in [5, 5.41) is 9.05. The number of para-hydroxylation sites is 2. The second kappa shape index (κ2) is 4.50. The molecule has 18 heavy (non-hydrogen) atoms. The molecule has 0 aliphatic carbocycles. The zero-order valence-electron chi connectivity index (χ0n) is 9.54. The summed E-state index contributed by atoms with van der Waals surface area (Å²) in [6, 6.07) is 14.6. The van der Waals surface area contributed by atoms with Crippen LogP contribution in [0, 0.1) is 0 Å². The first-order valence-corrected chi connectivity index (χ1v) is 5.58. The molecule has 0 amide bonds. The van der Waals surface area contributed by atoms with E-state index >= 15 is 0 Å². The smallest absolute Gasteiger partial charge is 0.400 e. The van der Waals surface area contributed by atoms with Crippen molar-refractivity contribution >= 4 is 11.1 Å². The molecule has 0 bridgehead atoms. The van der Waals surface area contributed by atoms with Crippen LogP contribution >= 0.6 is 0 Å². The first kappa shape index (κ1) is 10.8. The average Bonchev–Trinajstić information content (AvgIpc) is 2.81. The highest BCUT2D eigenvalue weighted by atomic mass is 16.6. The third-order valence-electron chi connectivity index (χ3n) is 2.56. The van der Waals surface area contributed by atoms with E-state index in [0.717, 1.165) is 11.1 Å². The van der Waals surface area contributed by atoms with Gasteiger partial charge in [0.2, 0.25) is 0 Å². The Morgan fingerprint density at radius 3 is 2.83 bits per heavy atom. The second-order valence-corrected chi connectivity index (χ2v) is 3.86. The number of hydrogen-bond acceptors (Lipinski definition) is 4. The molecule has 90 valence electrons. The quantitative estimate of drug-likeness (QED) is 0.765. The van der Waals surface area contributed by atoms with E-state index in [1.54, 1.807) is 12.1 Å². The van der Waals surface area contributed by atoms with E-state index in [1.807, 2.05) is 36.4 Å². The van der Waals surface area contributed by atoms with Gasteiger partial charge >= 0.3 is 6.08 Å². The number of fused-ring (bicyclic) bond motifs is 1. The van der Waals surface area contributed by atoms with Crippen molar-refractivity contribution < 1.29 is 14.3 Å². The summed E-state index contributed by atoms with van der Waals surface area (Å²) < 4.78 is 11.0. The van der Waals surface area contributed by atoms with Gasteiger partial charge in [0.25, 0.3) is 0 Å². The number of ether oxygens (including phenoxy) is 1. The lowest BCUT2D eigenvalue weighted by atomic mass is 10.2. The molecule has 3 aromatic rings. The van der Waals surface area contributed by atoms with Crippen LogP contribution in [0.4, 0.5) is 0 Å². The van der Waals surface area contributed by atoms with Crippen molar-refractivity contribution in [2.75, 3.05) is 0 Å². The van der Waals surface area contributed by atoms with Crippen molar-refractivity contribution in [3.63, 3.8) is 0 Å². The monoisotopic (exact) mass is 241 g/mol. The SMILES string of the molecule is OCc1cccc(Oc2nc3ccccc3o2)c1. The normalized spacial score (nSPS) is 10.7. The fourth-order valence-corrected chi connectivity index (χ4v) is 1.70. The number of rotatable bonds is 3. The number of benzene rings is 2. The number of nitrogens with zero attached hydrogens (tertiary/aromatic N) is 1. The third-order valence-corrected chi connectivity index (χ3v) is 2.56. The van der Waals surface area contributed by atoms with Gasteiger partial charge in [-0.2, -0.15) is 4.98 Å². The Kier molecular flexibility index (Phi) is 2.70. The highest BCUT2D eigenvalue weighted by Crippen LogP contribution is 2.25. The average molecular weight is 241 g/mol. The number of hydrogen-bond donors (Lipinski definition) is 1. The third kappa shape index (κ3) is 2.06. The first-order chi connectivity index (χ1) is 8.85. The summed E-state index contributed by atoms with van der Waals surface area (Å²) in [5.74, 6) is 0.591. The number of aromatic nitrogens is 1. The largest absolute Gasteiger partial charge is 0.411 e. The molecule has 2 aromatic carbocycles. The van der Waals surface area contributed by atoms with E-state index < -0.39 is 0 Å². The van der Waals surface area contributed by atoms with Gasteiger partial charge in [0.05, 0.1) is 6.61 Å². The number of aliphatic hydroxyl groups is 1. The number of aliphatic hydroxyl groups excluding tert-OH is 1. The van der Waals surface area contributed by atoms with E-state index in [-0.39, 0.29) is 12.7 Å². The first-order valence-electron chi connectivity index (χ1n) is 5.58. The van der Waals surface area contributed by atoms with Crippen molar-refractivity contribution in [1.82, 2.24) is 4.98 Å². The topological polar surface area (TPSA) is 55.5 Å². The predicted octanol–water partition coefficient (Wildman–Crippen LogP) is 3.11. The molecule has 4 nitrogen and oxygen atoms in total. The summed E-state index contributed by atoms with van der Waals surface area (Å²) in [6.07, 6.45) is 0.200. The molecule has 0 aliphatic heterocycles. The van der Waals surface area contributed by atoms with Gasteiger partial charge in [-0.15, -0.1) is 0 Å². The van der Waals surface area contributed by atoms with Gasteiger partial charge < -0.3 is 14.3 Å². The fraction of sp³-hybridized carbons (Fsp3) is 0.0714. The van der Waals surface area contributed by atoms with Gasteiger partial charge in [0.15, 0.2) is 5.58 Å². The van der Waals surface area contributed by atoms with Crippen LogP contribution in [-0.2, 0) is 6.61 Å². The standard InChI is InChI=1S/C14H11NO3/c16-9-10-4-3-5-11(8-10)17-14-15-12-6-1-2-7-13(12)18-14/h1-8,16H,9H2. The minimum Gasteiger partial charge on any atom is -0.411 e. The summed E-state index contributed by atoms with van der Waals surface area (Å²) >= 11 is 0. The summed E-state index contributed by atoms with van der Waals surface area (Å²) in [4.78, 5) is 4.21. The minimum atomic E-state index is -0.0231. The van der Waals surface area contributed by atoms with E-state index in [1.165, 1.54) is 0 Å². The maximum absolute atomic E-state index is 9.05. The molecule has 0 aliphatic rings. The molecule has 0 atom stereocenters. The Labute approximate surface area is 103 Å². The Hall–Kier alpha value is -2.33. The molecule has 0 spiro atoms. The van der Waals surface area contributed by atoms with Crippen LogP contribution in [0.1, 0.15) is 5.56 Å². The molecule has 4 heteroatoms. The van der Waals surface area contributed by atoms with Gasteiger partial charge in [0.1, 0.15) is 11.3 Å². The van der Waals surface area contributed by atoms with Crippen molar-refractivity contribution in [3.8, 4) is 11.8 Å². The van der Waals surface area contributed by atoms with Crippen molar-refractivity contribution in [2.45, 2.75) is 6.61 Å². The molecule has 1 aromatic heterocycles. The van der Waals surface area contributed by atoms with Crippen LogP contribution in [0.3, 0.4) is 0 Å². The fourth-order valence-electron chi connectivity index (χ4n) is 1.70. The van der Waals surface area contributed by atoms with Crippen molar-refractivity contribution in [1.29, 1.82) is 0 Å². The van der Waals surface area contributed by atoms with Crippen LogP contribution in [0.25, 0.3) is 11.1 Å². The maximum Gasteiger partial charge on any atom is 0.400 e. The Morgan fingerprint density at radius 2 is 2.00 bits per heavy atom. The predicted molar refractivity (Wildman–Crippen MR) is 66.4 cm³/mol. The molecule has 0 radical (unpaired) electrons. The van der Waals surface area contributed by atoms with Gasteiger partial charge in [-0.25, -0.2) is 0 Å². The molecule has 1 N–H and O–H groups in total. The van der Waals surface area contributed by atoms with Crippen LogP contribution in [0.5, 0.6) is 11.8 Å². The Morgan fingerprint density at radius 1 is 1.11 bits per heavy atom. The Balaban J connectivity index is 1.91. The molecule has 0 fully saturated rings. The van der Waals surface area contributed by atoms with Crippen LogP contribution < -0.4 is 4.74 Å². The minimum absolute atomic E-state index is 0.0231. The van der Waals surface area contributed by atoms with Crippen LogP contribution in [0.15, 0.2) is 52.9 Å². The van der Waals surface area contributed by atoms with Crippen molar-refractivity contribution in [2.24, 2.45) is 0 Å². The summed E-state index contributed by atoms with van der Waals surface area (Å²) in [6.45, 7) is -0.0231. The van der Waals surface area contributed by atoms with E-state index in [0.29, 0.717) is 11.3 Å². The van der Waals surface area contributed by atoms with E-state index in [2.05, 4.69) is 4.98 Å². The number of oxazole rings is 1. The molecular formula is C14H11NO3. The lowest BCUT2D eigenvalue weighted by molar-refractivity contribution is 0.280. The molecule has 0 saturated carbocycles. The van der Waals surface area contributed by atoms with Gasteiger partial charge in [-0.05, 0) is 29.8 Å². The zero-order valence-corrected chi connectivity index (χ0v) is 9.54. The molecule has 0 saturated heterocycles. The lowest BCUT2D eigenvalue weighted by Crippen LogP contribution is -1.87. The second-order valence-electron chi connectivity index (χ2n) is 3.86. The van der Waals surface area contributed by atoms with E-state index in [9.17, 15) is 0 Å². The lowest BCUT2D eigenvalue weighted by Gasteiger charge is -2.01. The molecule has 3 rings (SSSR count). The summed E-state index contributed by atoms with van der Waals surface area (Å²) in [5.41, 5.74) is 2.22. The zero-order chi connectivity index (χ0) is 12.4. The van der Waals surface area contributed by atoms with Gasteiger partial charge in [-0.1, -0.05) is 24.3 Å². The highest BCUT2D eigenvalue weighted by molar-refractivity contribution is 5.72. The van der Waals surface area contributed by atoms with Crippen molar-refractivity contribution in [3.05, 3.63) is 54.1 Å². The molecular weight excluding hydrogens is 230 g/mol. The Bertz CT molecular complexity index is 642. The molecule has 0 unspecified atom stereocenters. The maximum atomic E-state index is 9.05. The van der Waals surface area contributed by atoms with Gasteiger partial charge in [0, 0.05) is 0 Å². The van der Waals surface area contributed by atoms with Crippen LogP contribution in [-0.4, -0.2) is 10.1 Å². The van der Waals surface area contributed by atoms with E-state index in [4.69, 9.17) is 14.3 Å². The van der Waals surface area contributed by atoms with Gasteiger partial charge in [-0.3, -0.25) is 0 Å². The van der Waals surface area contributed by atoms with Crippen LogP contribution in [0.2, 0.25) is 0 Å². The highest BCUT2D eigenvalue weighted by Gasteiger charge is 2.07. The summed E-state index contributed by atoms with van der Waals surface area (Å²) in [7, 11) is 0.